The van der Waals surface area contributed by atoms with Gasteiger partial charge in [-0.15, -0.1) is 0 Å². The molecule has 0 aromatic heterocycles. The maximum atomic E-state index is 3.47. The number of nitrogens with zero attached hydrogens (tertiary/aromatic N) is 1. The van der Waals surface area contributed by atoms with Crippen molar-refractivity contribution < 1.29 is 4.48 Å². The lowest BCUT2D eigenvalue weighted by molar-refractivity contribution is -0.903. The van der Waals surface area contributed by atoms with Crippen molar-refractivity contribution in [2.45, 2.75) is 90.0 Å². The lowest BCUT2D eigenvalue weighted by atomic mass is 10.0. The molecule has 0 saturated heterocycles. The predicted octanol–water partition coefficient (Wildman–Crippen LogP) is 5.25. The van der Waals surface area contributed by atoms with E-state index in [1.54, 1.807) is 0 Å². The Bertz CT molecular complexity index is 447. The van der Waals surface area contributed by atoms with Crippen molar-refractivity contribution in [2.75, 3.05) is 33.4 Å². The maximum Gasteiger partial charge on any atom is 0.104 e. The number of benzene rings is 1. The molecule has 0 aliphatic rings. The summed E-state index contributed by atoms with van der Waals surface area (Å²) in [5.41, 5.74) is 1.46. The van der Waals surface area contributed by atoms with Crippen LogP contribution in [0.25, 0.3) is 0 Å². The average Bonchev–Trinajstić information content (AvgIpc) is 2.68. The third kappa shape index (κ3) is 15.3. The molecule has 0 unspecified atom stereocenters. The molecule has 1 N–H and O–H groups in total. The highest BCUT2D eigenvalue weighted by atomic mass is 28.1. The molecule has 0 radical (unpaired) electrons. The average molecular weight is 406 g/mol. The maximum absolute atomic E-state index is 3.47. The van der Waals surface area contributed by atoms with Crippen molar-refractivity contribution in [2.24, 2.45) is 0 Å². The summed E-state index contributed by atoms with van der Waals surface area (Å²) in [5.74, 6) is 0. The van der Waals surface area contributed by atoms with Gasteiger partial charge in [0.25, 0.3) is 0 Å². The second-order valence-corrected chi connectivity index (χ2v) is 9.96. The molecular formula is C25H49N2Si+. The molecule has 1 aromatic carbocycles. The molecule has 3 heteroatoms. The topological polar surface area (TPSA) is 12.0 Å². The smallest absolute Gasteiger partial charge is 0.104 e. The van der Waals surface area contributed by atoms with Crippen LogP contribution in [0, 0.1) is 0 Å². The van der Waals surface area contributed by atoms with Gasteiger partial charge in [0.05, 0.1) is 20.6 Å². The van der Waals surface area contributed by atoms with Gasteiger partial charge in [-0.25, -0.2) is 0 Å². The summed E-state index contributed by atoms with van der Waals surface area (Å²) in [6.07, 6.45) is 19.9. The highest BCUT2D eigenvalue weighted by molar-refractivity contribution is 6.08. The Morgan fingerprint density at radius 1 is 0.679 bits per heavy atom. The molecule has 0 amide bonds. The fraction of sp³-hybridized carbons (Fsp3) is 0.760. The molecule has 162 valence electrons. The van der Waals surface area contributed by atoms with E-state index in [4.69, 9.17) is 0 Å². The van der Waals surface area contributed by atoms with Crippen molar-refractivity contribution in [1.82, 2.24) is 5.32 Å². The van der Waals surface area contributed by atoms with Gasteiger partial charge in [-0.1, -0.05) is 94.5 Å². The Labute approximate surface area is 179 Å². The highest BCUT2D eigenvalue weighted by Crippen LogP contribution is 2.14. The quantitative estimate of drug-likeness (QED) is 0.188. The second kappa shape index (κ2) is 17.2. The predicted molar refractivity (Wildman–Crippen MR) is 130 cm³/mol. The van der Waals surface area contributed by atoms with E-state index in [1.165, 1.54) is 119 Å². The fourth-order valence-corrected chi connectivity index (χ4v) is 4.42. The highest BCUT2D eigenvalue weighted by Gasteiger charge is 2.14. The molecule has 2 nitrogen and oxygen atoms in total. The molecule has 0 aliphatic heterocycles. The number of rotatable bonds is 19. The van der Waals surface area contributed by atoms with Gasteiger partial charge in [-0.3, -0.25) is 0 Å². The lowest BCUT2D eigenvalue weighted by Gasteiger charge is -2.30. The minimum Gasteiger partial charge on any atom is -0.325 e. The Hall–Kier alpha value is -0.643. The van der Waals surface area contributed by atoms with E-state index in [0.29, 0.717) is 0 Å². The molecule has 0 spiro atoms. The number of hydrogen-bond acceptors (Lipinski definition) is 1. The van der Waals surface area contributed by atoms with E-state index in [9.17, 15) is 0 Å². The Kier molecular flexibility index (Phi) is 15.6. The van der Waals surface area contributed by atoms with Crippen molar-refractivity contribution in [3.63, 3.8) is 0 Å². The zero-order valence-electron chi connectivity index (χ0n) is 19.4. The van der Waals surface area contributed by atoms with Crippen molar-refractivity contribution in [3.05, 3.63) is 35.9 Å². The summed E-state index contributed by atoms with van der Waals surface area (Å²) in [6.45, 7) is 3.69. The van der Waals surface area contributed by atoms with Gasteiger partial charge in [0.15, 0.2) is 0 Å². The molecule has 0 saturated carbocycles. The van der Waals surface area contributed by atoms with Gasteiger partial charge in [0.2, 0.25) is 0 Å². The van der Waals surface area contributed by atoms with Crippen molar-refractivity contribution in [3.8, 4) is 0 Å². The number of quaternary nitrogens is 1. The monoisotopic (exact) mass is 405 g/mol. The van der Waals surface area contributed by atoms with Gasteiger partial charge < -0.3 is 9.80 Å². The number of nitrogens with one attached hydrogen (secondary N) is 1. The Morgan fingerprint density at radius 2 is 1.14 bits per heavy atom. The molecule has 0 bridgehead atoms. The van der Waals surface area contributed by atoms with Gasteiger partial charge in [0, 0.05) is 15.8 Å². The van der Waals surface area contributed by atoms with Crippen LogP contribution in [0.2, 0.25) is 0 Å². The van der Waals surface area contributed by atoms with Crippen LogP contribution in [0.5, 0.6) is 0 Å². The summed E-state index contributed by atoms with van der Waals surface area (Å²) >= 11 is 0. The zero-order chi connectivity index (χ0) is 20.3. The third-order valence-electron chi connectivity index (χ3n) is 5.82. The van der Waals surface area contributed by atoms with Crippen LogP contribution in [0.4, 0.5) is 0 Å². The lowest BCUT2D eigenvalue weighted by Crippen LogP contribution is -2.39. The van der Waals surface area contributed by atoms with Gasteiger partial charge in [0.1, 0.15) is 6.54 Å². The van der Waals surface area contributed by atoms with Crippen LogP contribution < -0.4 is 5.32 Å². The van der Waals surface area contributed by atoms with Gasteiger partial charge in [-0.2, -0.15) is 0 Å². The van der Waals surface area contributed by atoms with Crippen molar-refractivity contribution in [1.29, 1.82) is 0 Å². The van der Waals surface area contributed by atoms with E-state index in [1.807, 2.05) is 0 Å². The standard InChI is InChI=1S/C25H49N2Si/c1-27(2,23-25-19-15-14-16-20-25)22-18-13-11-9-7-5-3-4-6-8-10-12-17-21-26-24-28/h14-16,19-20,26H,3-13,17-18,21-24H2,1-2,28H3/q+1. The Morgan fingerprint density at radius 3 is 1.64 bits per heavy atom. The van der Waals surface area contributed by atoms with E-state index in [0.717, 1.165) is 11.0 Å². The number of unbranched alkanes of at least 4 members (excludes halogenated alkanes) is 12. The summed E-state index contributed by atoms with van der Waals surface area (Å²) in [4.78, 5) is 0. The molecule has 0 aliphatic carbocycles. The molecular weight excluding hydrogens is 356 g/mol. The molecule has 0 atom stereocenters. The van der Waals surface area contributed by atoms with E-state index < -0.39 is 0 Å². The fourth-order valence-electron chi connectivity index (χ4n) is 4.07. The summed E-state index contributed by atoms with van der Waals surface area (Å²) in [6, 6.07) is 10.9. The van der Waals surface area contributed by atoms with E-state index in [-0.39, 0.29) is 0 Å². The first-order chi connectivity index (χ1) is 13.6. The zero-order valence-corrected chi connectivity index (χ0v) is 21.4. The van der Waals surface area contributed by atoms with E-state index >= 15 is 0 Å². The molecule has 0 heterocycles. The van der Waals surface area contributed by atoms with Crippen LogP contribution in [0.15, 0.2) is 30.3 Å². The van der Waals surface area contributed by atoms with E-state index in [2.05, 4.69) is 49.7 Å². The minimum absolute atomic E-state index is 1.11. The first-order valence-corrected chi connectivity index (χ1v) is 13.6. The first-order valence-electron chi connectivity index (χ1n) is 12.2. The molecule has 1 rings (SSSR count). The normalized spacial score (nSPS) is 11.9. The first kappa shape index (κ1) is 25.4. The van der Waals surface area contributed by atoms with Crippen LogP contribution >= 0.6 is 0 Å². The summed E-state index contributed by atoms with van der Waals surface area (Å²) in [5, 5.41) is 3.47. The molecule has 0 fully saturated rings. The summed E-state index contributed by atoms with van der Waals surface area (Å²) < 4.78 is 1.11. The molecule has 28 heavy (non-hydrogen) atoms. The minimum atomic E-state index is 1.11. The second-order valence-electron chi connectivity index (χ2n) is 9.25. The Balaban J connectivity index is 1.83. The SMILES string of the molecule is C[N+](C)(CCCCCCCCCCCCCCCNC[SiH3])Cc1ccccc1. The van der Waals surface area contributed by atoms with Crippen LogP contribution in [0.1, 0.15) is 89.0 Å². The van der Waals surface area contributed by atoms with Gasteiger partial charge >= 0.3 is 0 Å². The summed E-state index contributed by atoms with van der Waals surface area (Å²) in [7, 11) is 6.03. The van der Waals surface area contributed by atoms with Crippen LogP contribution in [-0.2, 0) is 6.54 Å². The van der Waals surface area contributed by atoms with Crippen LogP contribution in [-0.4, -0.2) is 48.1 Å². The third-order valence-corrected chi connectivity index (χ3v) is 6.32. The molecule has 1 aromatic rings. The van der Waals surface area contributed by atoms with Crippen molar-refractivity contribution >= 4 is 10.2 Å². The number of hydrogen-bond donors (Lipinski definition) is 1. The largest absolute Gasteiger partial charge is 0.325 e. The van der Waals surface area contributed by atoms with Gasteiger partial charge in [-0.05, 0) is 32.0 Å². The van der Waals surface area contributed by atoms with Crippen LogP contribution in [0.3, 0.4) is 0 Å².